The van der Waals surface area contributed by atoms with Gasteiger partial charge in [-0.1, -0.05) is 30.3 Å². The summed E-state index contributed by atoms with van der Waals surface area (Å²) in [7, 11) is 0. The monoisotopic (exact) mass is 162 g/mol. The first-order valence-electron chi connectivity index (χ1n) is 4.16. The molecule has 1 N–H and O–H groups in total. The van der Waals surface area contributed by atoms with Crippen molar-refractivity contribution in [1.82, 2.24) is 5.32 Å². The molecule has 2 atom stereocenters. The first-order valence-corrected chi connectivity index (χ1v) is 4.16. The van der Waals surface area contributed by atoms with Crippen LogP contribution < -0.4 is 5.32 Å². The Labute approximate surface area is 72.5 Å². The van der Waals surface area contributed by atoms with E-state index < -0.39 is 0 Å². The highest BCUT2D eigenvalue weighted by Crippen LogP contribution is 2.25. The van der Waals surface area contributed by atoms with Crippen LogP contribution in [-0.4, -0.2) is 6.04 Å². The molecule has 1 fully saturated rings. The van der Waals surface area contributed by atoms with Crippen molar-refractivity contribution in [2.75, 3.05) is 0 Å². The molecule has 12 heavy (non-hydrogen) atoms. The maximum Gasteiger partial charge on any atom is 0.149 e. The number of nitrogens with one attached hydrogen (secondary N) is 1. The lowest BCUT2D eigenvalue weighted by atomic mass is 10.0. The first kappa shape index (κ1) is 7.77. The molecule has 0 bridgehead atoms. The fourth-order valence-electron chi connectivity index (χ4n) is 1.44. The maximum atomic E-state index is 5.42. The van der Waals surface area contributed by atoms with Gasteiger partial charge in [0.2, 0.25) is 0 Å². The molecule has 1 saturated heterocycles. The molecule has 0 saturated carbocycles. The Bertz CT molecular complexity index is 247. The smallest absolute Gasteiger partial charge is 0.149 e. The van der Waals surface area contributed by atoms with Gasteiger partial charge in [-0.15, -0.1) is 0 Å². The number of hydrogen-bond acceptors (Lipinski definition) is 2. The lowest BCUT2D eigenvalue weighted by Crippen LogP contribution is -2.20. The zero-order chi connectivity index (χ0) is 8.39. The second kappa shape index (κ2) is 3.25. The SMILES string of the molecule is C[C@@H]1N[CH]O[C@@H]1c1ccccc1. The maximum absolute atomic E-state index is 5.42. The lowest BCUT2D eigenvalue weighted by molar-refractivity contribution is 0.147. The van der Waals surface area contributed by atoms with E-state index in [0.29, 0.717) is 6.04 Å². The van der Waals surface area contributed by atoms with Crippen LogP contribution in [0.5, 0.6) is 0 Å². The van der Waals surface area contributed by atoms with E-state index in [1.165, 1.54) is 5.56 Å². The molecule has 0 amide bonds. The lowest BCUT2D eigenvalue weighted by Gasteiger charge is -2.13. The Balaban J connectivity index is 2.19. The quantitative estimate of drug-likeness (QED) is 0.680. The predicted octanol–water partition coefficient (Wildman–Crippen LogP) is 1.86. The summed E-state index contributed by atoms with van der Waals surface area (Å²) >= 11 is 0. The number of benzene rings is 1. The van der Waals surface area contributed by atoms with Gasteiger partial charge in [-0.25, -0.2) is 0 Å². The minimum absolute atomic E-state index is 0.172. The van der Waals surface area contributed by atoms with Crippen molar-refractivity contribution in [2.45, 2.75) is 19.1 Å². The van der Waals surface area contributed by atoms with Crippen LogP contribution in [-0.2, 0) is 4.74 Å². The van der Waals surface area contributed by atoms with E-state index in [-0.39, 0.29) is 6.10 Å². The number of hydrogen-bond donors (Lipinski definition) is 1. The summed E-state index contributed by atoms with van der Waals surface area (Å²) in [6.45, 7) is 3.78. The zero-order valence-electron chi connectivity index (χ0n) is 7.03. The molecule has 1 aliphatic heterocycles. The molecule has 0 aliphatic carbocycles. The van der Waals surface area contributed by atoms with E-state index in [1.807, 2.05) is 18.2 Å². The van der Waals surface area contributed by atoms with Gasteiger partial charge in [-0.3, -0.25) is 5.32 Å². The van der Waals surface area contributed by atoms with Crippen LogP contribution >= 0.6 is 0 Å². The Morgan fingerprint density at radius 3 is 2.58 bits per heavy atom. The van der Waals surface area contributed by atoms with Crippen LogP contribution in [0, 0.1) is 6.73 Å². The molecule has 1 heterocycles. The van der Waals surface area contributed by atoms with Gasteiger partial charge < -0.3 is 4.74 Å². The van der Waals surface area contributed by atoms with Crippen molar-refractivity contribution in [1.29, 1.82) is 0 Å². The van der Waals surface area contributed by atoms with Crippen molar-refractivity contribution >= 4 is 0 Å². The summed E-state index contributed by atoms with van der Waals surface area (Å²) in [5.74, 6) is 0. The summed E-state index contributed by atoms with van der Waals surface area (Å²) in [4.78, 5) is 0. The Kier molecular flexibility index (Phi) is 2.11. The standard InChI is InChI=1S/C10H12NO/c1-8-10(12-7-11-8)9-5-3-2-4-6-9/h2-8,10-11H,1H3/t8-,10-/m0/s1. The van der Waals surface area contributed by atoms with Crippen LogP contribution in [0.2, 0.25) is 0 Å². The molecular weight excluding hydrogens is 150 g/mol. The Hall–Kier alpha value is -0.860. The molecule has 2 heteroatoms. The fourth-order valence-corrected chi connectivity index (χ4v) is 1.44. The summed E-state index contributed by atoms with van der Waals surface area (Å²) < 4.78 is 5.42. The van der Waals surface area contributed by atoms with Crippen molar-refractivity contribution in [3.63, 3.8) is 0 Å². The van der Waals surface area contributed by atoms with Crippen LogP contribution in [0.4, 0.5) is 0 Å². The normalized spacial score (nSPS) is 29.1. The highest BCUT2D eigenvalue weighted by Gasteiger charge is 2.25. The minimum Gasteiger partial charge on any atom is -0.350 e. The van der Waals surface area contributed by atoms with Crippen molar-refractivity contribution in [2.24, 2.45) is 0 Å². The number of rotatable bonds is 1. The second-order valence-corrected chi connectivity index (χ2v) is 3.04. The summed E-state index contributed by atoms with van der Waals surface area (Å²) in [5, 5.41) is 3.12. The van der Waals surface area contributed by atoms with Crippen LogP contribution in [0.25, 0.3) is 0 Å². The molecule has 1 aromatic carbocycles. The van der Waals surface area contributed by atoms with E-state index >= 15 is 0 Å². The highest BCUT2D eigenvalue weighted by molar-refractivity contribution is 5.20. The van der Waals surface area contributed by atoms with Crippen LogP contribution in [0.15, 0.2) is 30.3 Å². The highest BCUT2D eigenvalue weighted by atomic mass is 16.5. The summed E-state index contributed by atoms with van der Waals surface area (Å²) in [6.07, 6.45) is 0.172. The minimum atomic E-state index is 0.172. The van der Waals surface area contributed by atoms with Gasteiger partial charge in [0.15, 0.2) is 0 Å². The van der Waals surface area contributed by atoms with E-state index in [2.05, 4.69) is 24.4 Å². The van der Waals surface area contributed by atoms with Gasteiger partial charge >= 0.3 is 0 Å². The third-order valence-electron chi connectivity index (χ3n) is 2.13. The predicted molar refractivity (Wildman–Crippen MR) is 47.2 cm³/mol. The molecule has 63 valence electrons. The van der Waals surface area contributed by atoms with Crippen molar-refractivity contribution < 1.29 is 4.74 Å². The van der Waals surface area contributed by atoms with Gasteiger partial charge in [-0.2, -0.15) is 0 Å². The zero-order valence-corrected chi connectivity index (χ0v) is 7.03. The molecule has 0 aromatic heterocycles. The average molecular weight is 162 g/mol. The Morgan fingerprint density at radius 2 is 2.00 bits per heavy atom. The molecule has 0 unspecified atom stereocenters. The fraction of sp³-hybridized carbons (Fsp3) is 0.300. The third kappa shape index (κ3) is 1.36. The Morgan fingerprint density at radius 1 is 1.25 bits per heavy atom. The molecule has 1 radical (unpaired) electrons. The van der Waals surface area contributed by atoms with Gasteiger partial charge in [0.05, 0.1) is 6.10 Å². The summed E-state index contributed by atoms with van der Waals surface area (Å²) in [5.41, 5.74) is 1.23. The molecule has 2 rings (SSSR count). The van der Waals surface area contributed by atoms with Crippen LogP contribution in [0.1, 0.15) is 18.6 Å². The average Bonchev–Trinajstić information content (AvgIpc) is 2.53. The molecular formula is C10H12NO. The van der Waals surface area contributed by atoms with E-state index in [4.69, 9.17) is 4.74 Å². The van der Waals surface area contributed by atoms with Gasteiger partial charge in [-0.05, 0) is 12.5 Å². The molecule has 1 aliphatic rings. The second-order valence-electron chi connectivity index (χ2n) is 3.04. The molecule has 0 spiro atoms. The van der Waals surface area contributed by atoms with Gasteiger partial charge in [0.1, 0.15) is 6.73 Å². The van der Waals surface area contributed by atoms with Gasteiger partial charge in [0, 0.05) is 6.04 Å². The van der Waals surface area contributed by atoms with E-state index in [9.17, 15) is 0 Å². The van der Waals surface area contributed by atoms with E-state index in [0.717, 1.165) is 0 Å². The largest absolute Gasteiger partial charge is 0.350 e. The third-order valence-corrected chi connectivity index (χ3v) is 2.13. The van der Waals surface area contributed by atoms with Crippen molar-refractivity contribution in [3.8, 4) is 0 Å². The molecule has 1 aromatic rings. The first-order chi connectivity index (χ1) is 5.88. The number of ether oxygens (including phenoxy) is 1. The van der Waals surface area contributed by atoms with Gasteiger partial charge in [0.25, 0.3) is 0 Å². The van der Waals surface area contributed by atoms with Crippen molar-refractivity contribution in [3.05, 3.63) is 42.6 Å². The van der Waals surface area contributed by atoms with Crippen LogP contribution in [0.3, 0.4) is 0 Å². The topological polar surface area (TPSA) is 21.3 Å². The summed E-state index contributed by atoms with van der Waals surface area (Å²) in [6, 6.07) is 10.6. The molecule has 2 nitrogen and oxygen atoms in total. The van der Waals surface area contributed by atoms with E-state index in [1.54, 1.807) is 6.73 Å².